The van der Waals surface area contributed by atoms with Crippen LogP contribution in [0.2, 0.25) is 0 Å². The second kappa shape index (κ2) is 9.85. The molecular weight excluding hydrogens is 288 g/mol. The number of para-hydroxylation sites is 1. The number of ether oxygens (including phenoxy) is 2. The van der Waals surface area contributed by atoms with Crippen LogP contribution < -0.4 is 14.8 Å². The molecule has 1 aromatic heterocycles. The lowest BCUT2D eigenvalue weighted by molar-refractivity contribution is 0.282. The van der Waals surface area contributed by atoms with E-state index in [1.165, 1.54) is 18.4 Å². The number of hydrogen-bond acceptors (Lipinski definition) is 4. The van der Waals surface area contributed by atoms with E-state index < -0.39 is 0 Å². The van der Waals surface area contributed by atoms with E-state index in [0.29, 0.717) is 0 Å². The van der Waals surface area contributed by atoms with E-state index in [1.807, 2.05) is 24.4 Å². The highest BCUT2D eigenvalue weighted by atomic mass is 16.5. The maximum atomic E-state index is 5.99. The van der Waals surface area contributed by atoms with E-state index in [1.54, 1.807) is 13.3 Å². The summed E-state index contributed by atoms with van der Waals surface area (Å²) in [6.45, 7) is 4.43. The van der Waals surface area contributed by atoms with Crippen molar-refractivity contribution in [3.05, 3.63) is 53.9 Å². The summed E-state index contributed by atoms with van der Waals surface area (Å²) in [5.41, 5.74) is 2.28. The van der Waals surface area contributed by atoms with Crippen molar-refractivity contribution >= 4 is 0 Å². The van der Waals surface area contributed by atoms with Crippen LogP contribution in [-0.4, -0.2) is 18.7 Å². The Morgan fingerprint density at radius 2 is 2.00 bits per heavy atom. The zero-order valence-corrected chi connectivity index (χ0v) is 14.0. The first-order chi connectivity index (χ1) is 11.3. The predicted octanol–water partition coefficient (Wildman–Crippen LogP) is 3.95. The molecular formula is C19H26N2O2. The smallest absolute Gasteiger partial charge is 0.165 e. The lowest BCUT2D eigenvalue weighted by atomic mass is 10.1. The first-order valence-electron chi connectivity index (χ1n) is 8.23. The van der Waals surface area contributed by atoms with E-state index in [2.05, 4.69) is 29.4 Å². The largest absolute Gasteiger partial charge is 0.493 e. The summed E-state index contributed by atoms with van der Waals surface area (Å²) in [6.07, 6.45) is 7.10. The minimum absolute atomic E-state index is 0.726. The summed E-state index contributed by atoms with van der Waals surface area (Å²) in [7, 11) is 1.68. The van der Waals surface area contributed by atoms with Crippen LogP contribution in [0.15, 0.2) is 42.7 Å². The fourth-order valence-electron chi connectivity index (χ4n) is 2.40. The monoisotopic (exact) mass is 314 g/mol. The Morgan fingerprint density at radius 3 is 2.74 bits per heavy atom. The molecule has 0 fully saturated rings. The van der Waals surface area contributed by atoms with Gasteiger partial charge in [0.05, 0.1) is 13.7 Å². The molecule has 0 spiro atoms. The molecule has 0 unspecified atom stereocenters. The van der Waals surface area contributed by atoms with Crippen LogP contribution in [0.1, 0.15) is 37.3 Å². The normalized spacial score (nSPS) is 10.5. The van der Waals surface area contributed by atoms with Crippen molar-refractivity contribution in [1.29, 1.82) is 0 Å². The van der Waals surface area contributed by atoms with Crippen molar-refractivity contribution in [3.8, 4) is 11.5 Å². The number of aromatic nitrogens is 1. The molecule has 0 aliphatic carbocycles. The fraction of sp³-hybridized carbons (Fsp3) is 0.421. The lowest BCUT2D eigenvalue weighted by Crippen LogP contribution is -2.14. The molecule has 0 aliphatic rings. The fourth-order valence-corrected chi connectivity index (χ4v) is 2.40. The molecule has 1 aromatic carbocycles. The summed E-state index contributed by atoms with van der Waals surface area (Å²) >= 11 is 0. The first kappa shape index (κ1) is 17.3. The van der Waals surface area contributed by atoms with Gasteiger partial charge in [0.15, 0.2) is 11.5 Å². The third-order valence-corrected chi connectivity index (χ3v) is 3.64. The lowest BCUT2D eigenvalue weighted by Gasteiger charge is -2.15. The average molecular weight is 314 g/mol. The summed E-state index contributed by atoms with van der Waals surface area (Å²) in [5, 5.41) is 3.44. The molecule has 1 heterocycles. The number of unbranched alkanes of at least 4 members (excludes halogenated alkanes) is 2. The number of pyridine rings is 1. The van der Waals surface area contributed by atoms with Crippen LogP contribution in [-0.2, 0) is 13.1 Å². The van der Waals surface area contributed by atoms with Gasteiger partial charge in [-0.15, -0.1) is 0 Å². The Balaban J connectivity index is 1.96. The van der Waals surface area contributed by atoms with Gasteiger partial charge in [0.2, 0.25) is 0 Å². The van der Waals surface area contributed by atoms with Crippen LogP contribution in [0.4, 0.5) is 0 Å². The van der Waals surface area contributed by atoms with Crippen molar-refractivity contribution in [2.45, 2.75) is 39.3 Å². The van der Waals surface area contributed by atoms with E-state index in [9.17, 15) is 0 Å². The van der Waals surface area contributed by atoms with Gasteiger partial charge in [-0.1, -0.05) is 38.0 Å². The number of nitrogens with one attached hydrogen (secondary N) is 1. The Hall–Kier alpha value is -2.07. The zero-order valence-electron chi connectivity index (χ0n) is 14.0. The summed E-state index contributed by atoms with van der Waals surface area (Å²) in [4.78, 5) is 4.13. The van der Waals surface area contributed by atoms with Crippen molar-refractivity contribution in [1.82, 2.24) is 10.3 Å². The summed E-state index contributed by atoms with van der Waals surface area (Å²) in [6, 6.07) is 10.0. The molecule has 0 radical (unpaired) electrons. The van der Waals surface area contributed by atoms with Gasteiger partial charge in [0, 0.05) is 31.0 Å². The highest BCUT2D eigenvalue weighted by Gasteiger charge is 2.10. The average Bonchev–Trinajstić information content (AvgIpc) is 2.60. The number of nitrogens with zero attached hydrogens (tertiary/aromatic N) is 1. The molecule has 124 valence electrons. The van der Waals surface area contributed by atoms with Gasteiger partial charge < -0.3 is 14.8 Å². The topological polar surface area (TPSA) is 43.4 Å². The molecule has 2 rings (SSSR count). The minimum Gasteiger partial charge on any atom is -0.493 e. The second-order valence-electron chi connectivity index (χ2n) is 5.47. The molecule has 4 nitrogen and oxygen atoms in total. The molecule has 1 N–H and O–H groups in total. The van der Waals surface area contributed by atoms with Gasteiger partial charge in [-0.3, -0.25) is 4.98 Å². The number of benzene rings is 1. The first-order valence-corrected chi connectivity index (χ1v) is 8.23. The van der Waals surface area contributed by atoms with Gasteiger partial charge in [-0.25, -0.2) is 0 Å². The number of hydrogen-bond donors (Lipinski definition) is 1. The minimum atomic E-state index is 0.726. The number of methoxy groups -OCH3 is 1. The van der Waals surface area contributed by atoms with Crippen molar-refractivity contribution in [3.63, 3.8) is 0 Å². The Labute approximate surface area is 138 Å². The van der Waals surface area contributed by atoms with Gasteiger partial charge in [0.1, 0.15) is 0 Å². The van der Waals surface area contributed by atoms with Crippen LogP contribution in [0.3, 0.4) is 0 Å². The third-order valence-electron chi connectivity index (χ3n) is 3.64. The molecule has 2 aromatic rings. The molecule has 4 heteroatoms. The molecule has 0 amide bonds. The van der Waals surface area contributed by atoms with Crippen LogP contribution in [0.5, 0.6) is 11.5 Å². The zero-order chi connectivity index (χ0) is 16.3. The van der Waals surface area contributed by atoms with Gasteiger partial charge in [-0.05, 0) is 24.1 Å². The Kier molecular flexibility index (Phi) is 7.40. The predicted molar refractivity (Wildman–Crippen MR) is 92.8 cm³/mol. The summed E-state index contributed by atoms with van der Waals surface area (Å²) < 4.78 is 11.4. The van der Waals surface area contributed by atoms with Crippen LogP contribution in [0.25, 0.3) is 0 Å². The maximum Gasteiger partial charge on any atom is 0.165 e. The van der Waals surface area contributed by atoms with Gasteiger partial charge in [0.25, 0.3) is 0 Å². The van der Waals surface area contributed by atoms with Crippen LogP contribution in [0, 0.1) is 0 Å². The van der Waals surface area contributed by atoms with E-state index in [4.69, 9.17) is 9.47 Å². The van der Waals surface area contributed by atoms with Crippen LogP contribution >= 0.6 is 0 Å². The van der Waals surface area contributed by atoms with E-state index >= 15 is 0 Å². The second-order valence-corrected chi connectivity index (χ2v) is 5.47. The molecule has 23 heavy (non-hydrogen) atoms. The van der Waals surface area contributed by atoms with Gasteiger partial charge >= 0.3 is 0 Å². The quantitative estimate of drug-likeness (QED) is 0.674. The Bertz CT molecular complexity index is 573. The number of rotatable bonds is 10. The van der Waals surface area contributed by atoms with Crippen molar-refractivity contribution in [2.75, 3.05) is 13.7 Å². The molecule has 0 bridgehead atoms. The van der Waals surface area contributed by atoms with E-state index in [-0.39, 0.29) is 0 Å². The van der Waals surface area contributed by atoms with Crippen molar-refractivity contribution < 1.29 is 9.47 Å². The standard InChI is InChI=1S/C19H26N2O2/c1-3-4-5-12-23-19-17(9-6-10-18(19)22-2)15-21-14-16-8-7-11-20-13-16/h6-11,13,21H,3-5,12,14-15H2,1-2H3. The molecule has 0 atom stereocenters. The third kappa shape index (κ3) is 5.57. The Morgan fingerprint density at radius 1 is 1.09 bits per heavy atom. The van der Waals surface area contributed by atoms with Gasteiger partial charge in [-0.2, -0.15) is 0 Å². The highest BCUT2D eigenvalue weighted by molar-refractivity contribution is 5.46. The van der Waals surface area contributed by atoms with Crippen molar-refractivity contribution in [2.24, 2.45) is 0 Å². The molecule has 0 saturated heterocycles. The summed E-state index contributed by atoms with van der Waals surface area (Å²) in [5.74, 6) is 1.65. The molecule has 0 aliphatic heterocycles. The maximum absolute atomic E-state index is 5.99. The SMILES string of the molecule is CCCCCOc1c(CNCc2cccnc2)cccc1OC. The van der Waals surface area contributed by atoms with E-state index in [0.717, 1.165) is 43.2 Å². The highest BCUT2D eigenvalue weighted by Crippen LogP contribution is 2.31. The molecule has 0 saturated carbocycles.